The number of carbonyl (C=O) groups excluding carboxylic acids is 1. The topological polar surface area (TPSA) is 45.7 Å². The number of hydrogen-bond donors (Lipinski definition) is 2. The highest BCUT2D eigenvalue weighted by atomic mass is 79.9. The van der Waals surface area contributed by atoms with Gasteiger partial charge in [-0.3, -0.25) is 4.79 Å². The zero-order chi connectivity index (χ0) is 15.9. The van der Waals surface area contributed by atoms with Crippen LogP contribution in [0.2, 0.25) is 0 Å². The first-order chi connectivity index (χ1) is 10.6. The molecule has 0 aliphatic heterocycles. The summed E-state index contributed by atoms with van der Waals surface area (Å²) in [5.41, 5.74) is 1.67. The van der Waals surface area contributed by atoms with Gasteiger partial charge in [-0.05, 0) is 30.3 Å². The molecule has 0 radical (unpaired) electrons. The van der Waals surface area contributed by atoms with Crippen molar-refractivity contribution in [2.45, 2.75) is 19.4 Å². The van der Waals surface area contributed by atoms with Crippen LogP contribution in [-0.4, -0.2) is 12.5 Å². The summed E-state index contributed by atoms with van der Waals surface area (Å²) >= 11 is 3.42. The molecule has 2 rings (SSSR count). The summed E-state index contributed by atoms with van der Waals surface area (Å²) in [6.07, 6.45) is 0.925. The molecule has 3 nitrogen and oxygen atoms in total. The maximum Gasteiger partial charge on any atom is 0.279 e. The van der Waals surface area contributed by atoms with Crippen molar-refractivity contribution in [2.75, 3.05) is 11.9 Å². The summed E-state index contributed by atoms with van der Waals surface area (Å²) in [4.78, 5) is 12.0. The van der Waals surface area contributed by atoms with Crippen molar-refractivity contribution < 1.29 is 14.5 Å². The van der Waals surface area contributed by atoms with E-state index in [1.807, 2.05) is 17.4 Å². The van der Waals surface area contributed by atoms with Crippen LogP contribution in [0.1, 0.15) is 24.9 Å². The average Bonchev–Trinajstić information content (AvgIpc) is 2.49. The van der Waals surface area contributed by atoms with Crippen molar-refractivity contribution in [1.82, 2.24) is 0 Å². The lowest BCUT2D eigenvalue weighted by atomic mass is 10.0. The van der Waals surface area contributed by atoms with Crippen LogP contribution in [0.3, 0.4) is 0 Å². The van der Waals surface area contributed by atoms with Gasteiger partial charge in [0.1, 0.15) is 11.9 Å². The smallest absolute Gasteiger partial charge is 0.279 e. The molecule has 3 N–H and O–H groups in total. The maximum atomic E-state index is 13.1. The quantitative estimate of drug-likeness (QED) is 0.810. The van der Waals surface area contributed by atoms with Crippen molar-refractivity contribution in [3.05, 3.63) is 64.4 Å². The fourth-order valence-corrected chi connectivity index (χ4v) is 2.54. The van der Waals surface area contributed by atoms with E-state index in [4.69, 9.17) is 0 Å². The number of anilines is 1. The van der Waals surface area contributed by atoms with Crippen LogP contribution in [0.5, 0.6) is 0 Å². The lowest BCUT2D eigenvalue weighted by molar-refractivity contribution is -0.686. The van der Waals surface area contributed by atoms with E-state index in [2.05, 4.69) is 40.3 Å². The van der Waals surface area contributed by atoms with E-state index in [-0.39, 0.29) is 17.8 Å². The van der Waals surface area contributed by atoms with E-state index in [0.717, 1.165) is 10.9 Å². The fraction of sp³-hybridized carbons (Fsp3) is 0.235. The minimum Gasteiger partial charge on any atom is -0.332 e. The van der Waals surface area contributed by atoms with Crippen LogP contribution in [-0.2, 0) is 4.79 Å². The van der Waals surface area contributed by atoms with Crippen LogP contribution in [0, 0.1) is 5.82 Å². The molecule has 0 bridgehead atoms. The minimum atomic E-state index is -0.358. The summed E-state index contributed by atoms with van der Waals surface area (Å²) in [6, 6.07) is 14.2. The molecule has 0 fully saturated rings. The van der Waals surface area contributed by atoms with Gasteiger partial charge in [-0.15, -0.1) is 0 Å². The van der Waals surface area contributed by atoms with Gasteiger partial charge in [-0.2, -0.15) is 0 Å². The van der Waals surface area contributed by atoms with E-state index >= 15 is 0 Å². The Morgan fingerprint density at radius 2 is 2.00 bits per heavy atom. The van der Waals surface area contributed by atoms with Crippen molar-refractivity contribution in [3.63, 3.8) is 0 Å². The second kappa shape index (κ2) is 8.06. The van der Waals surface area contributed by atoms with E-state index in [0.29, 0.717) is 12.2 Å². The lowest BCUT2D eigenvalue weighted by Crippen LogP contribution is -2.87. The molecule has 2 aromatic carbocycles. The lowest BCUT2D eigenvalue weighted by Gasteiger charge is -2.14. The van der Waals surface area contributed by atoms with Crippen LogP contribution < -0.4 is 10.6 Å². The van der Waals surface area contributed by atoms with Crippen molar-refractivity contribution in [2.24, 2.45) is 0 Å². The predicted molar refractivity (Wildman–Crippen MR) is 89.0 cm³/mol. The molecule has 1 atom stereocenters. The molecular formula is C17H19BrFN2O+. The zero-order valence-electron chi connectivity index (χ0n) is 12.4. The molecule has 0 heterocycles. The number of quaternary nitrogens is 1. The predicted octanol–water partition coefficient (Wildman–Crippen LogP) is 3.24. The van der Waals surface area contributed by atoms with Crippen molar-refractivity contribution in [1.29, 1.82) is 0 Å². The summed E-state index contributed by atoms with van der Waals surface area (Å²) in [7, 11) is 0. The third kappa shape index (κ3) is 4.93. The molecule has 2 aromatic rings. The molecule has 22 heavy (non-hydrogen) atoms. The molecule has 0 saturated carbocycles. The van der Waals surface area contributed by atoms with Gasteiger partial charge in [0.25, 0.3) is 5.91 Å². The zero-order valence-corrected chi connectivity index (χ0v) is 13.9. The number of nitrogens with one attached hydrogen (secondary N) is 1. The van der Waals surface area contributed by atoms with E-state index in [9.17, 15) is 9.18 Å². The van der Waals surface area contributed by atoms with Crippen LogP contribution >= 0.6 is 15.9 Å². The Labute approximate surface area is 138 Å². The largest absolute Gasteiger partial charge is 0.332 e. The Hall–Kier alpha value is -1.72. The van der Waals surface area contributed by atoms with Gasteiger partial charge in [0.2, 0.25) is 0 Å². The summed E-state index contributed by atoms with van der Waals surface area (Å²) in [5, 5.41) is 4.70. The Morgan fingerprint density at radius 1 is 1.27 bits per heavy atom. The molecule has 0 spiro atoms. The Balaban J connectivity index is 1.90. The molecule has 116 valence electrons. The Kier molecular flexibility index (Phi) is 6.10. The van der Waals surface area contributed by atoms with Gasteiger partial charge >= 0.3 is 0 Å². The summed E-state index contributed by atoms with van der Waals surface area (Å²) in [6.45, 7) is 2.39. The number of halogens is 2. The second-order valence-electron chi connectivity index (χ2n) is 5.06. The normalized spacial score (nSPS) is 12.0. The monoisotopic (exact) mass is 365 g/mol. The van der Waals surface area contributed by atoms with Gasteiger partial charge in [-0.25, -0.2) is 4.39 Å². The third-order valence-electron chi connectivity index (χ3n) is 3.43. The molecule has 0 aliphatic carbocycles. The second-order valence-corrected chi connectivity index (χ2v) is 5.98. The SMILES string of the molecule is CC[C@@H]([NH2+]CC(=O)Nc1cccc(F)c1)c1ccc(Br)cc1. The Morgan fingerprint density at radius 3 is 2.64 bits per heavy atom. The van der Waals surface area contributed by atoms with Crippen LogP contribution in [0.15, 0.2) is 53.0 Å². The van der Waals surface area contributed by atoms with Gasteiger partial charge in [0.15, 0.2) is 6.54 Å². The van der Waals surface area contributed by atoms with Gasteiger partial charge in [0.05, 0.1) is 0 Å². The first-order valence-corrected chi connectivity index (χ1v) is 8.02. The van der Waals surface area contributed by atoms with Crippen molar-refractivity contribution in [3.8, 4) is 0 Å². The highest BCUT2D eigenvalue weighted by molar-refractivity contribution is 9.10. The summed E-state index contributed by atoms with van der Waals surface area (Å²) in [5.74, 6) is -0.496. The van der Waals surface area contributed by atoms with Crippen molar-refractivity contribution >= 4 is 27.5 Å². The highest BCUT2D eigenvalue weighted by Crippen LogP contribution is 2.16. The number of carbonyl (C=O) groups is 1. The average molecular weight is 366 g/mol. The number of hydrogen-bond acceptors (Lipinski definition) is 1. The highest BCUT2D eigenvalue weighted by Gasteiger charge is 2.14. The van der Waals surface area contributed by atoms with E-state index in [1.54, 1.807) is 12.1 Å². The van der Waals surface area contributed by atoms with E-state index < -0.39 is 0 Å². The van der Waals surface area contributed by atoms with E-state index in [1.165, 1.54) is 17.7 Å². The fourth-order valence-electron chi connectivity index (χ4n) is 2.28. The molecule has 0 aromatic heterocycles. The summed E-state index contributed by atoms with van der Waals surface area (Å²) < 4.78 is 14.1. The van der Waals surface area contributed by atoms with Gasteiger partial charge in [0, 0.05) is 22.1 Å². The first-order valence-electron chi connectivity index (χ1n) is 7.22. The molecule has 1 amide bonds. The first kappa shape index (κ1) is 16.6. The molecular weight excluding hydrogens is 347 g/mol. The molecule has 5 heteroatoms. The molecule has 0 saturated heterocycles. The number of nitrogens with two attached hydrogens (primary N) is 1. The number of benzene rings is 2. The van der Waals surface area contributed by atoms with Crippen LogP contribution in [0.25, 0.3) is 0 Å². The maximum absolute atomic E-state index is 13.1. The molecule has 0 aliphatic rings. The van der Waals surface area contributed by atoms with Gasteiger partial charge < -0.3 is 10.6 Å². The standard InChI is InChI=1S/C17H18BrFN2O/c1-2-16(12-6-8-13(18)9-7-12)20-11-17(22)21-15-5-3-4-14(19)10-15/h3-10,16,20H,2,11H2,1H3,(H,21,22)/p+1/t16-/m1/s1. The number of amides is 1. The number of rotatable bonds is 6. The van der Waals surface area contributed by atoms with Gasteiger partial charge in [-0.1, -0.05) is 41.1 Å². The minimum absolute atomic E-state index is 0.138. The Bertz CT molecular complexity index is 631. The third-order valence-corrected chi connectivity index (χ3v) is 3.96. The molecule has 0 unspecified atom stereocenters. The van der Waals surface area contributed by atoms with Crippen LogP contribution in [0.4, 0.5) is 10.1 Å².